The molecule has 1 fully saturated rings. The predicted molar refractivity (Wildman–Crippen MR) is 71.1 cm³/mol. The number of ether oxygens (including phenoxy) is 2. The summed E-state index contributed by atoms with van der Waals surface area (Å²) in [6.45, 7) is 0. The van der Waals surface area contributed by atoms with Gasteiger partial charge in [0.25, 0.3) is 0 Å². The highest BCUT2D eigenvalue weighted by Crippen LogP contribution is 2.29. The van der Waals surface area contributed by atoms with Crippen LogP contribution in [0.5, 0.6) is 5.75 Å². The summed E-state index contributed by atoms with van der Waals surface area (Å²) in [6.07, 6.45) is 3.00. The van der Waals surface area contributed by atoms with E-state index < -0.39 is 17.4 Å². The van der Waals surface area contributed by atoms with Crippen LogP contribution in [-0.2, 0) is 4.74 Å². The average Bonchev–Trinajstić information content (AvgIpc) is 2.42. The second-order valence-electron chi connectivity index (χ2n) is 4.95. The van der Waals surface area contributed by atoms with Crippen LogP contribution >= 0.6 is 0 Å². The lowest BCUT2D eigenvalue weighted by molar-refractivity contribution is 0.0184. The van der Waals surface area contributed by atoms with Gasteiger partial charge in [0.05, 0.1) is 6.10 Å². The Morgan fingerprint density at radius 2 is 1.85 bits per heavy atom. The molecule has 0 aromatic heterocycles. The Balaban J connectivity index is 2.15. The van der Waals surface area contributed by atoms with Gasteiger partial charge in [0, 0.05) is 19.1 Å². The lowest BCUT2D eigenvalue weighted by atomic mass is 9.95. The summed E-state index contributed by atoms with van der Waals surface area (Å²) in [5.41, 5.74) is 5.22. The van der Waals surface area contributed by atoms with E-state index in [1.165, 1.54) is 0 Å². The van der Waals surface area contributed by atoms with Crippen molar-refractivity contribution >= 4 is 5.84 Å². The number of rotatable bonds is 4. The minimum Gasteiger partial charge on any atom is -0.484 e. The summed E-state index contributed by atoms with van der Waals surface area (Å²) in [6, 6.07) is 2.02. The second kappa shape index (κ2) is 6.17. The number of hydrogen-bond acceptors (Lipinski definition) is 3. The third-order valence-electron chi connectivity index (χ3n) is 3.51. The third-order valence-corrected chi connectivity index (χ3v) is 3.51. The van der Waals surface area contributed by atoms with Crippen LogP contribution in [0.4, 0.5) is 8.78 Å². The van der Waals surface area contributed by atoms with Gasteiger partial charge in [0.2, 0.25) is 0 Å². The normalized spacial score (nSPS) is 22.6. The van der Waals surface area contributed by atoms with Gasteiger partial charge in [-0.2, -0.15) is 0 Å². The first-order valence-corrected chi connectivity index (χ1v) is 6.54. The maximum atomic E-state index is 13.9. The summed E-state index contributed by atoms with van der Waals surface area (Å²) in [5.74, 6) is -2.47. The molecule has 0 amide bonds. The Morgan fingerprint density at radius 3 is 2.40 bits per heavy atom. The molecule has 1 aliphatic rings. The summed E-state index contributed by atoms with van der Waals surface area (Å²) >= 11 is 0. The van der Waals surface area contributed by atoms with Crippen molar-refractivity contribution in [2.45, 2.75) is 37.9 Å². The molecule has 20 heavy (non-hydrogen) atoms. The lowest BCUT2D eigenvalue weighted by Crippen LogP contribution is -2.30. The zero-order valence-corrected chi connectivity index (χ0v) is 11.3. The largest absolute Gasteiger partial charge is 0.484 e. The van der Waals surface area contributed by atoms with Crippen molar-refractivity contribution in [1.29, 1.82) is 5.41 Å². The fourth-order valence-corrected chi connectivity index (χ4v) is 2.42. The minimum absolute atomic E-state index is 0.00534. The van der Waals surface area contributed by atoms with Crippen LogP contribution in [0, 0.1) is 17.0 Å². The van der Waals surface area contributed by atoms with Gasteiger partial charge in [-0.1, -0.05) is 0 Å². The van der Waals surface area contributed by atoms with E-state index in [9.17, 15) is 8.78 Å². The molecule has 6 heteroatoms. The monoisotopic (exact) mass is 284 g/mol. The summed E-state index contributed by atoms with van der Waals surface area (Å²) < 4.78 is 38.4. The molecule has 1 aromatic rings. The van der Waals surface area contributed by atoms with E-state index in [1.807, 2.05) is 0 Å². The van der Waals surface area contributed by atoms with Gasteiger partial charge in [0.1, 0.15) is 11.9 Å². The molecule has 110 valence electrons. The molecule has 0 bridgehead atoms. The van der Waals surface area contributed by atoms with Crippen LogP contribution < -0.4 is 10.5 Å². The first-order valence-electron chi connectivity index (χ1n) is 6.54. The molecule has 2 unspecified atom stereocenters. The van der Waals surface area contributed by atoms with Crippen LogP contribution in [0.15, 0.2) is 12.1 Å². The number of nitrogens with one attached hydrogen (secondary N) is 1. The predicted octanol–water partition coefficient (Wildman–Crippen LogP) is 2.59. The van der Waals surface area contributed by atoms with E-state index in [2.05, 4.69) is 0 Å². The van der Waals surface area contributed by atoms with Crippen molar-refractivity contribution in [3.8, 4) is 5.75 Å². The smallest absolute Gasteiger partial charge is 0.191 e. The van der Waals surface area contributed by atoms with Crippen molar-refractivity contribution in [1.82, 2.24) is 0 Å². The van der Waals surface area contributed by atoms with E-state index in [4.69, 9.17) is 20.6 Å². The van der Waals surface area contributed by atoms with E-state index in [-0.39, 0.29) is 23.6 Å². The van der Waals surface area contributed by atoms with Gasteiger partial charge >= 0.3 is 0 Å². The summed E-state index contributed by atoms with van der Waals surface area (Å²) in [4.78, 5) is 0. The van der Waals surface area contributed by atoms with Crippen molar-refractivity contribution in [2.24, 2.45) is 5.73 Å². The number of nitrogens with two attached hydrogens (primary N) is 1. The van der Waals surface area contributed by atoms with E-state index in [0.717, 1.165) is 31.4 Å². The number of halogens is 2. The number of hydrogen-bond donors (Lipinski definition) is 2. The number of amidine groups is 1. The molecule has 0 radical (unpaired) electrons. The Morgan fingerprint density at radius 1 is 1.25 bits per heavy atom. The van der Waals surface area contributed by atoms with Crippen molar-refractivity contribution in [3.63, 3.8) is 0 Å². The summed E-state index contributed by atoms with van der Waals surface area (Å²) in [7, 11) is 1.62. The maximum Gasteiger partial charge on any atom is 0.191 e. The average molecular weight is 284 g/mol. The second-order valence-corrected chi connectivity index (χ2v) is 4.95. The van der Waals surface area contributed by atoms with Crippen LogP contribution in [0.25, 0.3) is 0 Å². The van der Waals surface area contributed by atoms with Gasteiger partial charge in [-0.25, -0.2) is 8.78 Å². The van der Waals surface area contributed by atoms with Gasteiger partial charge in [0.15, 0.2) is 17.4 Å². The van der Waals surface area contributed by atoms with Gasteiger partial charge in [-0.05, 0) is 31.4 Å². The SMILES string of the molecule is COC1CCCC(Oc2c(F)cc(C(=N)N)cc2F)C1. The lowest BCUT2D eigenvalue weighted by Gasteiger charge is -2.28. The molecule has 1 aromatic carbocycles. The minimum atomic E-state index is -0.838. The molecule has 0 saturated heterocycles. The molecule has 2 atom stereocenters. The van der Waals surface area contributed by atoms with E-state index in [0.29, 0.717) is 6.42 Å². The quantitative estimate of drug-likeness (QED) is 0.659. The zero-order chi connectivity index (χ0) is 14.7. The van der Waals surface area contributed by atoms with Gasteiger partial charge < -0.3 is 15.2 Å². The standard InChI is InChI=1S/C14H18F2N2O2/c1-19-9-3-2-4-10(7-9)20-13-11(15)5-8(14(17)18)6-12(13)16/h5-6,9-10H,2-4,7H2,1H3,(H3,17,18). The van der Waals surface area contributed by atoms with Gasteiger partial charge in [-0.3, -0.25) is 5.41 Å². The topological polar surface area (TPSA) is 68.3 Å². The highest BCUT2D eigenvalue weighted by molar-refractivity contribution is 5.95. The first-order chi connectivity index (χ1) is 9.51. The number of nitrogen functional groups attached to an aromatic ring is 1. The zero-order valence-electron chi connectivity index (χ0n) is 11.3. The molecule has 1 aliphatic carbocycles. The van der Waals surface area contributed by atoms with Gasteiger partial charge in [-0.15, -0.1) is 0 Å². The highest BCUT2D eigenvalue weighted by atomic mass is 19.1. The molecular formula is C14H18F2N2O2. The van der Waals surface area contributed by atoms with Crippen molar-refractivity contribution < 1.29 is 18.3 Å². The molecule has 1 saturated carbocycles. The Hall–Kier alpha value is -1.69. The fourth-order valence-electron chi connectivity index (χ4n) is 2.42. The van der Waals surface area contributed by atoms with Crippen molar-refractivity contribution in [3.05, 3.63) is 29.3 Å². The molecule has 0 heterocycles. The number of benzene rings is 1. The van der Waals surface area contributed by atoms with E-state index in [1.54, 1.807) is 7.11 Å². The van der Waals surface area contributed by atoms with Crippen LogP contribution in [0.2, 0.25) is 0 Å². The van der Waals surface area contributed by atoms with Crippen LogP contribution in [0.1, 0.15) is 31.2 Å². The van der Waals surface area contributed by atoms with Crippen LogP contribution in [0.3, 0.4) is 0 Å². The molecule has 2 rings (SSSR count). The molecule has 0 aliphatic heterocycles. The summed E-state index contributed by atoms with van der Waals surface area (Å²) in [5, 5.41) is 7.19. The Bertz CT molecular complexity index is 485. The Kier molecular flexibility index (Phi) is 4.54. The van der Waals surface area contributed by atoms with Crippen LogP contribution in [-0.4, -0.2) is 25.2 Å². The van der Waals surface area contributed by atoms with E-state index >= 15 is 0 Å². The number of methoxy groups -OCH3 is 1. The van der Waals surface area contributed by atoms with Crippen molar-refractivity contribution in [2.75, 3.05) is 7.11 Å². The first kappa shape index (κ1) is 14.7. The molecule has 0 spiro atoms. The Labute approximate surface area is 116 Å². The maximum absolute atomic E-state index is 13.9. The molecule has 3 N–H and O–H groups in total. The molecular weight excluding hydrogens is 266 g/mol. The highest BCUT2D eigenvalue weighted by Gasteiger charge is 2.25. The fraction of sp³-hybridized carbons (Fsp3) is 0.500. The third kappa shape index (κ3) is 3.25. The molecule has 4 nitrogen and oxygen atoms in total.